The van der Waals surface area contributed by atoms with Gasteiger partial charge in [-0.1, -0.05) is 12.1 Å². The van der Waals surface area contributed by atoms with E-state index in [4.69, 9.17) is 9.84 Å². The molecule has 1 aromatic heterocycles. The van der Waals surface area contributed by atoms with E-state index in [1.165, 1.54) is 0 Å². The van der Waals surface area contributed by atoms with Crippen LogP contribution in [0.4, 0.5) is 10.5 Å². The van der Waals surface area contributed by atoms with Crippen LogP contribution in [0.1, 0.15) is 24.0 Å². The Hall–Kier alpha value is -2.60. The van der Waals surface area contributed by atoms with Gasteiger partial charge in [0.25, 0.3) is 0 Å². The van der Waals surface area contributed by atoms with Gasteiger partial charge in [-0.3, -0.25) is 0 Å². The van der Waals surface area contributed by atoms with Gasteiger partial charge in [-0.05, 0) is 55.9 Å². The Kier molecular flexibility index (Phi) is 5.19. The van der Waals surface area contributed by atoms with E-state index in [1.807, 2.05) is 32.0 Å². The molecule has 0 atom stereocenters. The monoisotopic (exact) mass is 341 g/mol. The minimum atomic E-state index is -0.258. The molecule has 1 saturated carbocycles. The van der Waals surface area contributed by atoms with Crippen molar-refractivity contribution >= 4 is 11.7 Å². The highest BCUT2D eigenvalue weighted by atomic mass is 16.5. The van der Waals surface area contributed by atoms with E-state index < -0.39 is 0 Å². The molecule has 132 valence electrons. The number of aryl methyl sites for hydroxylation is 1. The summed E-state index contributed by atoms with van der Waals surface area (Å²) in [6.07, 6.45) is 3.22. The number of pyridine rings is 1. The molecule has 0 saturated heterocycles. The number of rotatable bonds is 5. The summed E-state index contributed by atoms with van der Waals surface area (Å²) in [6.45, 7) is 4.23. The molecular weight excluding hydrogens is 318 g/mol. The lowest BCUT2D eigenvalue weighted by molar-refractivity contribution is 0.130. The molecule has 0 unspecified atom stereocenters. The number of urea groups is 1. The zero-order chi connectivity index (χ0) is 17.8. The van der Waals surface area contributed by atoms with E-state index in [-0.39, 0.29) is 18.7 Å². The van der Waals surface area contributed by atoms with E-state index in [1.54, 1.807) is 18.3 Å². The molecule has 1 heterocycles. The number of amides is 2. The third kappa shape index (κ3) is 4.28. The molecule has 1 fully saturated rings. The summed E-state index contributed by atoms with van der Waals surface area (Å²) < 4.78 is 5.80. The van der Waals surface area contributed by atoms with Gasteiger partial charge in [-0.15, -0.1) is 0 Å². The van der Waals surface area contributed by atoms with Crippen LogP contribution in [0.3, 0.4) is 0 Å². The molecule has 1 aromatic carbocycles. The number of hydrogen-bond acceptors (Lipinski definition) is 4. The van der Waals surface area contributed by atoms with Crippen LogP contribution in [0, 0.1) is 19.8 Å². The van der Waals surface area contributed by atoms with Crippen molar-refractivity contribution < 1.29 is 14.6 Å². The largest absolute Gasteiger partial charge is 0.439 e. The second-order valence-corrected chi connectivity index (χ2v) is 6.50. The highest BCUT2D eigenvalue weighted by Gasteiger charge is 2.29. The number of aromatic nitrogens is 1. The van der Waals surface area contributed by atoms with E-state index in [9.17, 15) is 4.79 Å². The standard InChI is InChI=1S/C19H23N3O3/c1-12-4-3-5-17(13(12)2)25-18-7-6-15(10-20-18)21-19(24)22-16-8-14(9-16)11-23/h3-7,10,14,16,23H,8-9,11H2,1-2H3,(H2,21,22,24). The summed E-state index contributed by atoms with van der Waals surface area (Å²) in [5.74, 6) is 1.56. The molecule has 6 heteroatoms. The summed E-state index contributed by atoms with van der Waals surface area (Å²) in [7, 11) is 0. The highest BCUT2D eigenvalue weighted by molar-refractivity contribution is 5.89. The van der Waals surface area contributed by atoms with Crippen LogP contribution in [0.5, 0.6) is 11.6 Å². The molecule has 0 spiro atoms. The van der Waals surface area contributed by atoms with Crippen molar-refractivity contribution in [2.75, 3.05) is 11.9 Å². The first kappa shape index (κ1) is 17.2. The second-order valence-electron chi connectivity index (χ2n) is 6.50. The summed E-state index contributed by atoms with van der Waals surface area (Å²) in [6, 6.07) is 9.24. The van der Waals surface area contributed by atoms with Gasteiger partial charge in [0, 0.05) is 18.7 Å². The maximum atomic E-state index is 11.9. The fourth-order valence-electron chi connectivity index (χ4n) is 2.82. The maximum absolute atomic E-state index is 11.9. The maximum Gasteiger partial charge on any atom is 0.319 e. The quantitative estimate of drug-likeness (QED) is 0.778. The van der Waals surface area contributed by atoms with Gasteiger partial charge in [-0.25, -0.2) is 9.78 Å². The Labute approximate surface area is 147 Å². The van der Waals surface area contributed by atoms with Gasteiger partial charge in [-0.2, -0.15) is 0 Å². The lowest BCUT2D eigenvalue weighted by Gasteiger charge is -2.34. The van der Waals surface area contributed by atoms with Crippen molar-refractivity contribution in [3.05, 3.63) is 47.7 Å². The number of carbonyl (C=O) groups excluding carboxylic acids is 1. The van der Waals surface area contributed by atoms with Gasteiger partial charge in [0.05, 0.1) is 11.9 Å². The number of ether oxygens (including phenoxy) is 1. The predicted octanol–water partition coefficient (Wildman–Crippen LogP) is 3.38. The first-order valence-electron chi connectivity index (χ1n) is 8.43. The number of benzene rings is 1. The average Bonchev–Trinajstić information content (AvgIpc) is 2.56. The Morgan fingerprint density at radius 2 is 2.08 bits per heavy atom. The molecule has 2 aromatic rings. The lowest BCUT2D eigenvalue weighted by atomic mass is 9.81. The minimum Gasteiger partial charge on any atom is -0.439 e. The van der Waals surface area contributed by atoms with Crippen LogP contribution in [0.15, 0.2) is 36.5 Å². The molecular formula is C19H23N3O3. The zero-order valence-corrected chi connectivity index (χ0v) is 14.5. The number of aliphatic hydroxyl groups is 1. The van der Waals surface area contributed by atoms with Crippen LogP contribution in [0.25, 0.3) is 0 Å². The Bertz CT molecular complexity index is 740. The third-order valence-electron chi connectivity index (χ3n) is 4.59. The third-order valence-corrected chi connectivity index (χ3v) is 4.59. The topological polar surface area (TPSA) is 83.5 Å². The number of hydrogen-bond donors (Lipinski definition) is 3. The SMILES string of the molecule is Cc1cccc(Oc2ccc(NC(=O)NC3CC(CO)C3)cn2)c1C. The van der Waals surface area contributed by atoms with Crippen molar-refractivity contribution in [3.63, 3.8) is 0 Å². The highest BCUT2D eigenvalue weighted by Crippen LogP contribution is 2.27. The van der Waals surface area contributed by atoms with Gasteiger partial charge in [0.15, 0.2) is 0 Å². The molecule has 0 radical (unpaired) electrons. The summed E-state index contributed by atoms with van der Waals surface area (Å²) in [5.41, 5.74) is 2.84. The number of aliphatic hydroxyl groups excluding tert-OH is 1. The Morgan fingerprint density at radius 1 is 1.28 bits per heavy atom. The molecule has 3 rings (SSSR count). The first-order valence-corrected chi connectivity index (χ1v) is 8.43. The van der Waals surface area contributed by atoms with Crippen LogP contribution < -0.4 is 15.4 Å². The van der Waals surface area contributed by atoms with Crippen LogP contribution in [-0.2, 0) is 0 Å². The van der Waals surface area contributed by atoms with Crippen LogP contribution in [0.2, 0.25) is 0 Å². The normalized spacial score (nSPS) is 19.0. The Balaban J connectivity index is 1.53. The molecule has 1 aliphatic carbocycles. The molecule has 0 bridgehead atoms. The van der Waals surface area contributed by atoms with Crippen molar-refractivity contribution in [2.24, 2.45) is 5.92 Å². The summed E-state index contributed by atoms with van der Waals surface area (Å²) >= 11 is 0. The van der Waals surface area contributed by atoms with E-state index in [0.717, 1.165) is 29.7 Å². The van der Waals surface area contributed by atoms with E-state index in [0.29, 0.717) is 17.5 Å². The number of nitrogens with zero attached hydrogens (tertiary/aromatic N) is 1. The minimum absolute atomic E-state index is 0.136. The van der Waals surface area contributed by atoms with Crippen LogP contribution in [-0.4, -0.2) is 28.8 Å². The lowest BCUT2D eigenvalue weighted by Crippen LogP contribution is -2.46. The second kappa shape index (κ2) is 7.53. The fraction of sp³-hybridized carbons (Fsp3) is 0.368. The zero-order valence-electron chi connectivity index (χ0n) is 14.5. The molecule has 0 aliphatic heterocycles. The van der Waals surface area contributed by atoms with Gasteiger partial charge in [0.2, 0.25) is 5.88 Å². The molecule has 2 amide bonds. The van der Waals surface area contributed by atoms with Crippen molar-refractivity contribution in [2.45, 2.75) is 32.7 Å². The number of carbonyl (C=O) groups is 1. The van der Waals surface area contributed by atoms with E-state index in [2.05, 4.69) is 15.6 Å². The van der Waals surface area contributed by atoms with Gasteiger partial charge >= 0.3 is 6.03 Å². The summed E-state index contributed by atoms with van der Waals surface area (Å²) in [4.78, 5) is 16.2. The number of nitrogens with one attached hydrogen (secondary N) is 2. The molecule has 1 aliphatic rings. The molecule has 25 heavy (non-hydrogen) atoms. The fourth-order valence-corrected chi connectivity index (χ4v) is 2.82. The van der Waals surface area contributed by atoms with Crippen molar-refractivity contribution in [1.29, 1.82) is 0 Å². The first-order chi connectivity index (χ1) is 12.0. The van der Waals surface area contributed by atoms with E-state index >= 15 is 0 Å². The van der Waals surface area contributed by atoms with Crippen LogP contribution >= 0.6 is 0 Å². The molecule has 3 N–H and O–H groups in total. The van der Waals surface area contributed by atoms with Gasteiger partial charge < -0.3 is 20.5 Å². The Morgan fingerprint density at radius 3 is 2.76 bits per heavy atom. The van der Waals surface area contributed by atoms with Crippen molar-refractivity contribution in [1.82, 2.24) is 10.3 Å². The summed E-state index contributed by atoms with van der Waals surface area (Å²) in [5, 5.41) is 14.6. The molecule has 6 nitrogen and oxygen atoms in total. The smallest absolute Gasteiger partial charge is 0.319 e. The number of anilines is 1. The average molecular weight is 341 g/mol. The van der Waals surface area contributed by atoms with Crippen molar-refractivity contribution in [3.8, 4) is 11.6 Å². The van der Waals surface area contributed by atoms with Gasteiger partial charge in [0.1, 0.15) is 5.75 Å². The predicted molar refractivity (Wildman–Crippen MR) is 96.0 cm³/mol.